The maximum absolute atomic E-state index is 12.9. The van der Waals surface area contributed by atoms with E-state index in [1.54, 1.807) is 18.3 Å². The van der Waals surface area contributed by atoms with Gasteiger partial charge in [0.25, 0.3) is 0 Å². The van der Waals surface area contributed by atoms with Gasteiger partial charge in [-0.3, -0.25) is 4.39 Å². The zero-order valence-corrected chi connectivity index (χ0v) is 15.5. The van der Waals surface area contributed by atoms with Gasteiger partial charge in [-0.05, 0) is 23.9 Å². The van der Waals surface area contributed by atoms with Crippen molar-refractivity contribution < 1.29 is 39.1 Å². The number of carbonyl (C=O) groups is 1. The Balaban J connectivity index is 0.000000270. The second-order valence-electron chi connectivity index (χ2n) is 4.50. The summed E-state index contributed by atoms with van der Waals surface area (Å²) < 4.78 is 18.0. The van der Waals surface area contributed by atoms with Gasteiger partial charge in [0, 0.05) is 44.1 Å². The van der Waals surface area contributed by atoms with Crippen LogP contribution in [-0.2, 0) is 20.1 Å². The second kappa shape index (κ2) is 10.3. The van der Waals surface area contributed by atoms with Crippen LogP contribution < -0.4 is 4.74 Å². The molecule has 0 aliphatic heterocycles. The van der Waals surface area contributed by atoms with E-state index in [2.05, 4.69) is 16.0 Å². The van der Waals surface area contributed by atoms with E-state index in [1.807, 2.05) is 18.2 Å². The molecular weight excluding hydrogens is 503 g/mol. The Bertz CT molecular complexity index is 802. The van der Waals surface area contributed by atoms with Crippen molar-refractivity contribution in [3.8, 4) is 17.0 Å². The van der Waals surface area contributed by atoms with E-state index in [4.69, 9.17) is 9.84 Å². The van der Waals surface area contributed by atoms with Gasteiger partial charge in [0.1, 0.15) is 5.69 Å². The van der Waals surface area contributed by atoms with Gasteiger partial charge < -0.3 is 14.8 Å². The fourth-order valence-electron chi connectivity index (χ4n) is 1.81. The minimum absolute atomic E-state index is 0. The molecule has 0 spiro atoms. The fraction of sp³-hybridized carbons (Fsp3) is 0.0556. The first-order valence-corrected chi connectivity index (χ1v) is 6.92. The van der Waals surface area contributed by atoms with Gasteiger partial charge >= 0.3 is 5.97 Å². The third kappa shape index (κ3) is 6.06. The zero-order valence-electron chi connectivity index (χ0n) is 13.1. The summed E-state index contributed by atoms with van der Waals surface area (Å²) in [7, 11) is 1.50. The summed E-state index contributed by atoms with van der Waals surface area (Å²) in [4.78, 5) is 17.9. The molecule has 2 aromatic heterocycles. The quantitative estimate of drug-likeness (QED) is 0.539. The predicted octanol–water partition coefficient (Wildman–Crippen LogP) is 3.47. The molecule has 0 unspecified atom stereocenters. The number of nitrogens with zero attached hydrogens (tertiary/aromatic N) is 2. The summed E-state index contributed by atoms with van der Waals surface area (Å²) in [5.74, 6) is -0.921. The first-order chi connectivity index (χ1) is 11.6. The summed E-state index contributed by atoms with van der Waals surface area (Å²) in [6, 6.07) is 15.7. The van der Waals surface area contributed by atoms with Crippen molar-refractivity contribution >= 4 is 5.97 Å². The van der Waals surface area contributed by atoms with Crippen LogP contribution in [0.5, 0.6) is 5.75 Å². The monoisotopic (exact) mass is 518 g/mol. The molecule has 0 bridgehead atoms. The van der Waals surface area contributed by atoms with Crippen molar-refractivity contribution in [1.82, 2.24) is 9.97 Å². The van der Waals surface area contributed by atoms with Gasteiger partial charge in [-0.15, -0.1) is 12.1 Å². The van der Waals surface area contributed by atoms with E-state index in [1.165, 1.54) is 31.5 Å². The van der Waals surface area contributed by atoms with Crippen LogP contribution in [-0.4, -0.2) is 28.2 Å². The Morgan fingerprint density at radius 2 is 1.84 bits per heavy atom. The van der Waals surface area contributed by atoms with Gasteiger partial charge in [-0.2, -0.15) is 0 Å². The van der Waals surface area contributed by atoms with Crippen molar-refractivity contribution in [2.45, 2.75) is 0 Å². The molecule has 0 fully saturated rings. The molecule has 0 aliphatic carbocycles. The molecule has 5 nitrogen and oxygen atoms in total. The number of aromatic nitrogens is 2. The number of carboxylic acid groups (broad SMARTS) is 1. The first-order valence-electron chi connectivity index (χ1n) is 6.92. The fourth-order valence-corrected chi connectivity index (χ4v) is 1.81. The normalized spacial score (nSPS) is 9.20. The van der Waals surface area contributed by atoms with Crippen LogP contribution >= 0.6 is 0 Å². The molecule has 3 aromatic rings. The largest absolute Gasteiger partial charge is 0.540 e. The molecular formula is C18H14FIrN2O3-. The number of rotatable bonds is 3. The third-order valence-electron chi connectivity index (χ3n) is 2.89. The number of pyridine rings is 2. The number of ether oxygens (including phenoxy) is 1. The SMILES string of the molecule is COc1cc(F)c[c-]c1-c1ccccn1.O=C(O)c1ccccn1.[Ir]. The molecule has 3 rings (SSSR count). The number of methoxy groups -OCH3 is 1. The second-order valence-corrected chi connectivity index (χ2v) is 4.50. The summed E-state index contributed by atoms with van der Waals surface area (Å²) >= 11 is 0. The van der Waals surface area contributed by atoms with Gasteiger partial charge in [0.2, 0.25) is 0 Å². The Morgan fingerprint density at radius 1 is 1.16 bits per heavy atom. The van der Waals surface area contributed by atoms with Gasteiger partial charge in [0.15, 0.2) is 0 Å². The predicted molar refractivity (Wildman–Crippen MR) is 86.2 cm³/mol. The Morgan fingerprint density at radius 3 is 2.32 bits per heavy atom. The van der Waals surface area contributed by atoms with Gasteiger partial charge in [-0.25, -0.2) is 9.78 Å². The maximum atomic E-state index is 12.9. The van der Waals surface area contributed by atoms with Crippen LogP contribution in [0.3, 0.4) is 0 Å². The zero-order chi connectivity index (χ0) is 17.4. The molecule has 0 amide bonds. The molecule has 131 valence electrons. The molecule has 1 aromatic carbocycles. The Hall–Kier alpha value is -2.63. The minimum Gasteiger partial charge on any atom is -0.540 e. The van der Waals surface area contributed by atoms with Crippen LogP contribution in [0.25, 0.3) is 11.3 Å². The van der Waals surface area contributed by atoms with E-state index in [-0.39, 0.29) is 31.6 Å². The number of benzene rings is 1. The molecule has 2 heterocycles. The number of hydrogen-bond donors (Lipinski definition) is 1. The van der Waals surface area contributed by atoms with E-state index in [0.29, 0.717) is 17.0 Å². The number of halogens is 1. The molecule has 1 radical (unpaired) electrons. The van der Waals surface area contributed by atoms with Crippen LogP contribution in [0.15, 0.2) is 60.9 Å². The molecule has 0 saturated heterocycles. The standard InChI is InChI=1S/C12H9FNO.C6H5NO2.Ir/c1-15-12-8-9(13)5-6-10(12)11-4-2-3-7-14-11;8-6(9)5-3-1-2-4-7-5;/h2-5,7-8H,1H3;1-4H,(H,8,9);/q-1;;. The molecule has 0 saturated carbocycles. The molecule has 7 heteroatoms. The Kier molecular flexibility index (Phi) is 8.39. The van der Waals surface area contributed by atoms with Crippen LogP contribution in [0.1, 0.15) is 10.5 Å². The number of aromatic carboxylic acids is 1. The molecule has 25 heavy (non-hydrogen) atoms. The third-order valence-corrected chi connectivity index (χ3v) is 2.89. The van der Waals surface area contributed by atoms with E-state index in [0.717, 1.165) is 0 Å². The van der Waals surface area contributed by atoms with Crippen molar-refractivity contribution in [2.24, 2.45) is 0 Å². The summed E-state index contributed by atoms with van der Waals surface area (Å²) in [6.45, 7) is 0. The number of carboxylic acids is 1. The van der Waals surface area contributed by atoms with Crippen LogP contribution in [0.2, 0.25) is 0 Å². The van der Waals surface area contributed by atoms with Gasteiger partial charge in [-0.1, -0.05) is 29.8 Å². The van der Waals surface area contributed by atoms with E-state index >= 15 is 0 Å². The average molecular weight is 518 g/mol. The molecule has 1 N–H and O–H groups in total. The summed E-state index contributed by atoms with van der Waals surface area (Å²) in [5.41, 5.74) is 1.46. The van der Waals surface area contributed by atoms with E-state index < -0.39 is 5.97 Å². The van der Waals surface area contributed by atoms with Gasteiger partial charge in [0.05, 0.1) is 7.11 Å². The van der Waals surface area contributed by atoms with Crippen LogP contribution in [0.4, 0.5) is 4.39 Å². The van der Waals surface area contributed by atoms with Crippen molar-refractivity contribution in [2.75, 3.05) is 7.11 Å². The maximum Gasteiger partial charge on any atom is 0.354 e. The molecule has 0 atom stereocenters. The van der Waals surface area contributed by atoms with E-state index in [9.17, 15) is 9.18 Å². The first kappa shape index (κ1) is 20.4. The average Bonchev–Trinajstić information content (AvgIpc) is 2.63. The molecule has 0 aliphatic rings. The summed E-state index contributed by atoms with van der Waals surface area (Å²) in [5, 5.41) is 8.32. The number of hydrogen-bond acceptors (Lipinski definition) is 4. The van der Waals surface area contributed by atoms with Crippen LogP contribution in [0, 0.1) is 11.9 Å². The van der Waals surface area contributed by atoms with Crippen molar-refractivity contribution in [1.29, 1.82) is 0 Å². The van der Waals surface area contributed by atoms with Crippen molar-refractivity contribution in [3.05, 3.63) is 78.5 Å². The topological polar surface area (TPSA) is 72.3 Å². The summed E-state index contributed by atoms with van der Waals surface area (Å²) in [6.07, 6.45) is 3.12. The minimum atomic E-state index is -0.990. The van der Waals surface area contributed by atoms with Crippen molar-refractivity contribution in [3.63, 3.8) is 0 Å². The smallest absolute Gasteiger partial charge is 0.354 e. The Labute approximate surface area is 157 Å².